The molecule has 0 saturated heterocycles. The van der Waals surface area contributed by atoms with Gasteiger partial charge in [-0.2, -0.15) is 10.2 Å². The zero-order valence-corrected chi connectivity index (χ0v) is 9.51. The van der Waals surface area contributed by atoms with E-state index >= 15 is 0 Å². The molecule has 0 atom stereocenters. The van der Waals surface area contributed by atoms with Crippen molar-refractivity contribution in [1.29, 1.82) is 0 Å². The minimum atomic E-state index is 0.576. The third-order valence-corrected chi connectivity index (χ3v) is 2.69. The Kier molecular flexibility index (Phi) is 2.07. The quantitative estimate of drug-likeness (QED) is 0.720. The van der Waals surface area contributed by atoms with Gasteiger partial charge in [-0.1, -0.05) is 0 Å². The molecule has 6 heteroatoms. The maximum Gasteiger partial charge on any atom is 0.224 e. The number of rotatable bonds is 2. The van der Waals surface area contributed by atoms with Gasteiger partial charge >= 0.3 is 0 Å². The van der Waals surface area contributed by atoms with Crippen molar-refractivity contribution in [3.05, 3.63) is 24.7 Å². The van der Waals surface area contributed by atoms with Crippen molar-refractivity contribution in [2.75, 3.05) is 7.11 Å². The lowest BCUT2D eigenvalue weighted by molar-refractivity contribution is 0.403. The first-order chi connectivity index (χ1) is 8.31. The monoisotopic (exact) mass is 229 g/mol. The van der Waals surface area contributed by atoms with Gasteiger partial charge in [0.05, 0.1) is 24.2 Å². The van der Waals surface area contributed by atoms with E-state index in [9.17, 15) is 0 Å². The highest BCUT2D eigenvalue weighted by Crippen LogP contribution is 2.32. The van der Waals surface area contributed by atoms with Crippen LogP contribution in [0.4, 0.5) is 0 Å². The number of aryl methyl sites for hydroxylation is 1. The highest BCUT2D eigenvalue weighted by atomic mass is 16.5. The van der Waals surface area contributed by atoms with E-state index in [-0.39, 0.29) is 0 Å². The smallest absolute Gasteiger partial charge is 0.224 e. The molecule has 86 valence electrons. The number of fused-ring (bicyclic) bond motifs is 1. The van der Waals surface area contributed by atoms with E-state index in [2.05, 4.69) is 20.3 Å². The summed E-state index contributed by atoms with van der Waals surface area (Å²) in [6.07, 6.45) is 5.24. The third-order valence-electron chi connectivity index (χ3n) is 2.69. The van der Waals surface area contributed by atoms with Gasteiger partial charge in [-0.3, -0.25) is 9.78 Å². The lowest BCUT2D eigenvalue weighted by atomic mass is 10.2. The van der Waals surface area contributed by atoms with Crippen molar-refractivity contribution < 1.29 is 4.74 Å². The van der Waals surface area contributed by atoms with Crippen molar-refractivity contribution >= 4 is 10.9 Å². The Morgan fingerprint density at radius 1 is 1.41 bits per heavy atom. The molecule has 3 rings (SSSR count). The number of nitrogens with zero attached hydrogens (tertiary/aromatic N) is 4. The lowest BCUT2D eigenvalue weighted by Gasteiger charge is -2.00. The summed E-state index contributed by atoms with van der Waals surface area (Å²) >= 11 is 0. The second-order valence-corrected chi connectivity index (χ2v) is 3.67. The first-order valence-corrected chi connectivity index (χ1v) is 5.16. The van der Waals surface area contributed by atoms with Crippen molar-refractivity contribution in [2.24, 2.45) is 7.05 Å². The Balaban J connectivity index is 2.39. The molecule has 3 aromatic heterocycles. The van der Waals surface area contributed by atoms with E-state index in [1.165, 1.54) is 0 Å². The average Bonchev–Trinajstić information content (AvgIpc) is 2.97. The van der Waals surface area contributed by atoms with Crippen molar-refractivity contribution in [2.45, 2.75) is 0 Å². The standard InChI is InChI=1S/C11H11N5O/c1-16-8-3-4-12-11(17-2)9(8)10(15-16)7-5-13-14-6-7/h3-6H,1-2H3,(H,13,14). The maximum absolute atomic E-state index is 5.28. The number of nitrogens with one attached hydrogen (secondary N) is 1. The molecule has 0 fully saturated rings. The van der Waals surface area contributed by atoms with Crippen LogP contribution in [0.15, 0.2) is 24.7 Å². The van der Waals surface area contributed by atoms with Crippen LogP contribution in [0.1, 0.15) is 0 Å². The van der Waals surface area contributed by atoms with Crippen LogP contribution >= 0.6 is 0 Å². The normalized spacial score (nSPS) is 10.9. The second-order valence-electron chi connectivity index (χ2n) is 3.67. The third kappa shape index (κ3) is 1.37. The van der Waals surface area contributed by atoms with Gasteiger partial charge in [0.15, 0.2) is 0 Å². The number of hydrogen-bond donors (Lipinski definition) is 1. The number of methoxy groups -OCH3 is 1. The highest BCUT2D eigenvalue weighted by Gasteiger charge is 2.16. The Labute approximate surface area is 97.2 Å². The molecule has 0 aliphatic heterocycles. The van der Waals surface area contributed by atoms with Crippen LogP contribution < -0.4 is 4.74 Å². The Bertz CT molecular complexity index is 656. The number of H-pyrrole nitrogens is 1. The SMILES string of the molecule is COc1nccc2c1c(-c1cn[nH]c1)nn2C. The first kappa shape index (κ1) is 9.83. The molecule has 0 radical (unpaired) electrons. The molecule has 0 aliphatic carbocycles. The van der Waals surface area contributed by atoms with Gasteiger partial charge < -0.3 is 4.74 Å². The molecule has 0 aliphatic rings. The Morgan fingerprint density at radius 3 is 3.00 bits per heavy atom. The molecule has 3 aromatic rings. The van der Waals surface area contributed by atoms with E-state index in [1.807, 2.05) is 17.8 Å². The van der Waals surface area contributed by atoms with Crippen molar-refractivity contribution in [3.8, 4) is 17.1 Å². The largest absolute Gasteiger partial charge is 0.480 e. The zero-order valence-electron chi connectivity index (χ0n) is 9.51. The molecular formula is C11H11N5O. The van der Waals surface area contributed by atoms with Gasteiger partial charge in [0, 0.05) is 25.0 Å². The van der Waals surface area contributed by atoms with Crippen molar-refractivity contribution in [1.82, 2.24) is 25.0 Å². The molecule has 0 aromatic carbocycles. The summed E-state index contributed by atoms with van der Waals surface area (Å²) in [5.74, 6) is 0.576. The lowest BCUT2D eigenvalue weighted by Crippen LogP contribution is -1.90. The summed E-state index contributed by atoms with van der Waals surface area (Å²) in [5, 5.41) is 12.1. The van der Waals surface area contributed by atoms with Gasteiger partial charge in [-0.15, -0.1) is 0 Å². The molecule has 1 N–H and O–H groups in total. The fraction of sp³-hybridized carbons (Fsp3) is 0.182. The molecule has 0 spiro atoms. The summed E-state index contributed by atoms with van der Waals surface area (Å²) in [7, 11) is 3.50. The minimum Gasteiger partial charge on any atom is -0.480 e. The van der Waals surface area contributed by atoms with E-state index < -0.39 is 0 Å². The molecule has 3 heterocycles. The van der Waals surface area contributed by atoms with E-state index in [4.69, 9.17) is 4.74 Å². The van der Waals surface area contributed by atoms with Crippen LogP contribution in [0.25, 0.3) is 22.2 Å². The molecule has 17 heavy (non-hydrogen) atoms. The summed E-state index contributed by atoms with van der Waals surface area (Å²) in [6, 6.07) is 1.91. The Hall–Kier alpha value is -2.37. The van der Waals surface area contributed by atoms with Gasteiger partial charge in [0.25, 0.3) is 0 Å². The second kappa shape index (κ2) is 3.58. The highest BCUT2D eigenvalue weighted by molar-refractivity contribution is 5.96. The summed E-state index contributed by atoms with van der Waals surface area (Å²) in [5.41, 5.74) is 2.72. The van der Waals surface area contributed by atoms with Crippen LogP contribution in [0.2, 0.25) is 0 Å². The topological polar surface area (TPSA) is 68.6 Å². The number of aromatic nitrogens is 5. The summed E-state index contributed by atoms with van der Waals surface area (Å²) in [4.78, 5) is 4.20. The first-order valence-electron chi connectivity index (χ1n) is 5.16. The van der Waals surface area contributed by atoms with Crippen molar-refractivity contribution in [3.63, 3.8) is 0 Å². The molecule has 6 nitrogen and oxygen atoms in total. The van der Waals surface area contributed by atoms with Crippen LogP contribution in [0, 0.1) is 0 Å². The number of aromatic amines is 1. The van der Waals surface area contributed by atoms with E-state index in [0.29, 0.717) is 5.88 Å². The van der Waals surface area contributed by atoms with Crippen LogP contribution in [0.3, 0.4) is 0 Å². The number of pyridine rings is 1. The number of ether oxygens (including phenoxy) is 1. The Morgan fingerprint density at radius 2 is 2.29 bits per heavy atom. The van der Waals surface area contributed by atoms with E-state index in [1.54, 1.807) is 25.7 Å². The van der Waals surface area contributed by atoms with Gasteiger partial charge in [0.2, 0.25) is 5.88 Å². The predicted octanol–water partition coefficient (Wildman–Crippen LogP) is 1.37. The van der Waals surface area contributed by atoms with Gasteiger partial charge in [-0.05, 0) is 6.07 Å². The molecule has 0 bridgehead atoms. The molecular weight excluding hydrogens is 218 g/mol. The number of hydrogen-bond acceptors (Lipinski definition) is 4. The summed E-state index contributed by atoms with van der Waals surface area (Å²) < 4.78 is 7.09. The predicted molar refractivity (Wildman–Crippen MR) is 62.6 cm³/mol. The van der Waals surface area contributed by atoms with Gasteiger partial charge in [-0.25, -0.2) is 4.98 Å². The average molecular weight is 229 g/mol. The van der Waals surface area contributed by atoms with E-state index in [0.717, 1.165) is 22.2 Å². The molecule has 0 amide bonds. The fourth-order valence-electron chi connectivity index (χ4n) is 1.92. The zero-order chi connectivity index (χ0) is 11.8. The van der Waals surface area contributed by atoms with Gasteiger partial charge in [0.1, 0.15) is 5.69 Å². The minimum absolute atomic E-state index is 0.576. The van der Waals surface area contributed by atoms with Crippen LogP contribution in [-0.4, -0.2) is 32.1 Å². The molecule has 0 unspecified atom stereocenters. The van der Waals surface area contributed by atoms with Crippen LogP contribution in [0.5, 0.6) is 5.88 Å². The molecule has 0 saturated carbocycles. The van der Waals surface area contributed by atoms with Crippen LogP contribution in [-0.2, 0) is 7.05 Å². The summed E-state index contributed by atoms with van der Waals surface area (Å²) in [6.45, 7) is 0. The fourth-order valence-corrected chi connectivity index (χ4v) is 1.92. The maximum atomic E-state index is 5.28.